The van der Waals surface area contributed by atoms with Crippen LogP contribution in [0.15, 0.2) is 52.1 Å². The number of nitrogens with two attached hydrogens (primary N) is 1. The first kappa shape index (κ1) is 18.3. The third kappa shape index (κ3) is 4.26. The molecule has 7 nitrogen and oxygen atoms in total. The van der Waals surface area contributed by atoms with Gasteiger partial charge in [0.25, 0.3) is 0 Å². The third-order valence-electron chi connectivity index (χ3n) is 4.44. The largest absolute Gasteiger partial charge is 0.263 e. The molecule has 2 heterocycles. The molecular weight excluding hydrogens is 430 g/mol. The number of primary sulfonamides is 1. The fourth-order valence-corrected chi connectivity index (χ4v) is 3.80. The molecule has 0 spiro atoms. The number of nitrogens with zero attached hydrogens (tertiary/aromatic N) is 4. The van der Waals surface area contributed by atoms with E-state index in [0.717, 1.165) is 46.6 Å². The Morgan fingerprint density at radius 1 is 1.15 bits per heavy atom. The van der Waals surface area contributed by atoms with Crippen LogP contribution < -0.4 is 5.14 Å². The second kappa shape index (κ2) is 7.14. The van der Waals surface area contributed by atoms with Gasteiger partial charge in [0.2, 0.25) is 10.0 Å². The number of benzene rings is 1. The molecule has 9 heteroatoms. The van der Waals surface area contributed by atoms with Crippen molar-refractivity contribution in [3.63, 3.8) is 0 Å². The van der Waals surface area contributed by atoms with Crippen LogP contribution in [0.1, 0.15) is 36.0 Å². The van der Waals surface area contributed by atoms with Crippen LogP contribution in [-0.4, -0.2) is 28.2 Å². The lowest BCUT2D eigenvalue weighted by atomic mass is 10.1. The van der Waals surface area contributed by atoms with Crippen molar-refractivity contribution in [3.05, 3.63) is 64.4 Å². The van der Waals surface area contributed by atoms with Crippen molar-refractivity contribution in [1.29, 1.82) is 0 Å². The maximum Gasteiger partial charge on any atom is 0.238 e. The Labute approximate surface area is 165 Å². The van der Waals surface area contributed by atoms with Gasteiger partial charge >= 0.3 is 0 Å². The van der Waals surface area contributed by atoms with E-state index >= 15 is 0 Å². The van der Waals surface area contributed by atoms with Gasteiger partial charge in [0.15, 0.2) is 5.82 Å². The van der Waals surface area contributed by atoms with Crippen molar-refractivity contribution in [2.75, 3.05) is 0 Å². The van der Waals surface area contributed by atoms with E-state index in [2.05, 4.69) is 26.0 Å². The van der Waals surface area contributed by atoms with Crippen molar-refractivity contribution in [2.24, 2.45) is 5.14 Å². The summed E-state index contributed by atoms with van der Waals surface area (Å²) in [5.74, 6) is 2.13. The summed E-state index contributed by atoms with van der Waals surface area (Å²) in [4.78, 5) is 9.01. The molecule has 0 radical (unpaired) electrons. The van der Waals surface area contributed by atoms with Gasteiger partial charge in [0, 0.05) is 29.2 Å². The summed E-state index contributed by atoms with van der Waals surface area (Å²) < 4.78 is 25.7. The summed E-state index contributed by atoms with van der Waals surface area (Å²) in [7, 11) is -3.72. The fraction of sp³-hybridized carbons (Fsp3) is 0.278. The maximum absolute atomic E-state index is 11.5. The van der Waals surface area contributed by atoms with E-state index in [1.54, 1.807) is 23.0 Å². The Morgan fingerprint density at radius 3 is 2.52 bits per heavy atom. The number of hydrogen-bond acceptors (Lipinski definition) is 5. The lowest BCUT2D eigenvalue weighted by molar-refractivity contribution is 0.597. The Bertz CT molecular complexity index is 1080. The number of hydrogen-bond donors (Lipinski definition) is 1. The zero-order valence-electron chi connectivity index (χ0n) is 14.4. The van der Waals surface area contributed by atoms with Crippen molar-refractivity contribution >= 4 is 26.0 Å². The van der Waals surface area contributed by atoms with Gasteiger partial charge in [0.1, 0.15) is 5.82 Å². The first-order valence-electron chi connectivity index (χ1n) is 8.58. The van der Waals surface area contributed by atoms with Gasteiger partial charge in [-0.25, -0.2) is 23.2 Å². The van der Waals surface area contributed by atoms with Crippen LogP contribution in [0.25, 0.3) is 5.69 Å². The SMILES string of the molecule is NS(=O)(=O)c1ccc(-n2nc(C3CC3)nc2CCc2cncc(Br)c2)cc1. The quantitative estimate of drug-likeness (QED) is 0.625. The third-order valence-corrected chi connectivity index (χ3v) is 5.80. The van der Waals surface area contributed by atoms with Crippen LogP contribution in [0.3, 0.4) is 0 Å². The molecule has 0 unspecified atom stereocenters. The highest BCUT2D eigenvalue weighted by Crippen LogP contribution is 2.38. The van der Waals surface area contributed by atoms with E-state index in [1.165, 1.54) is 12.1 Å². The molecule has 1 fully saturated rings. The summed E-state index contributed by atoms with van der Waals surface area (Å²) in [6.07, 6.45) is 7.31. The average molecular weight is 448 g/mol. The lowest BCUT2D eigenvalue weighted by Gasteiger charge is -2.07. The minimum absolute atomic E-state index is 0.0792. The topological polar surface area (TPSA) is 104 Å². The molecule has 2 aromatic heterocycles. The lowest BCUT2D eigenvalue weighted by Crippen LogP contribution is -2.12. The Kier molecular flexibility index (Phi) is 4.83. The first-order chi connectivity index (χ1) is 12.9. The predicted molar refractivity (Wildman–Crippen MR) is 104 cm³/mol. The molecule has 4 rings (SSSR count). The molecule has 0 aliphatic heterocycles. The van der Waals surface area contributed by atoms with Crippen LogP contribution in [-0.2, 0) is 22.9 Å². The van der Waals surface area contributed by atoms with Gasteiger partial charge in [-0.2, -0.15) is 5.10 Å². The molecular formula is C18H18BrN5O2S. The number of rotatable bonds is 6. The summed E-state index contributed by atoms with van der Waals surface area (Å²) in [6.45, 7) is 0. The molecule has 3 aromatic rings. The van der Waals surface area contributed by atoms with Gasteiger partial charge < -0.3 is 0 Å². The Hall–Kier alpha value is -2.10. The normalized spacial score (nSPS) is 14.4. The van der Waals surface area contributed by atoms with E-state index in [9.17, 15) is 8.42 Å². The van der Waals surface area contributed by atoms with Gasteiger partial charge in [0.05, 0.1) is 10.6 Å². The molecule has 1 aromatic carbocycles. The zero-order chi connectivity index (χ0) is 19.0. The monoisotopic (exact) mass is 447 g/mol. The highest BCUT2D eigenvalue weighted by atomic mass is 79.9. The second-order valence-corrected chi connectivity index (χ2v) is 9.10. The number of sulfonamides is 1. The van der Waals surface area contributed by atoms with Gasteiger partial charge in [-0.05, 0) is 71.1 Å². The van der Waals surface area contributed by atoms with Crippen molar-refractivity contribution in [1.82, 2.24) is 19.7 Å². The minimum Gasteiger partial charge on any atom is -0.263 e. The number of halogens is 1. The van der Waals surface area contributed by atoms with Gasteiger partial charge in [-0.15, -0.1) is 0 Å². The van der Waals surface area contributed by atoms with Crippen molar-refractivity contribution in [3.8, 4) is 5.69 Å². The molecule has 2 N–H and O–H groups in total. The molecule has 1 saturated carbocycles. The number of aryl methyl sites for hydroxylation is 2. The van der Waals surface area contributed by atoms with Crippen LogP contribution in [0.2, 0.25) is 0 Å². The molecule has 0 amide bonds. The van der Waals surface area contributed by atoms with Crippen LogP contribution in [0.4, 0.5) is 0 Å². The molecule has 0 atom stereocenters. The molecule has 0 saturated heterocycles. The van der Waals surface area contributed by atoms with Gasteiger partial charge in [-0.3, -0.25) is 4.98 Å². The number of aromatic nitrogens is 4. The van der Waals surface area contributed by atoms with E-state index in [-0.39, 0.29) is 4.90 Å². The predicted octanol–water partition coefficient (Wildman–Crippen LogP) is 2.73. The fourth-order valence-electron chi connectivity index (χ4n) is 2.87. The zero-order valence-corrected chi connectivity index (χ0v) is 16.8. The Morgan fingerprint density at radius 2 is 1.89 bits per heavy atom. The van der Waals surface area contributed by atoms with Crippen LogP contribution in [0, 0.1) is 0 Å². The van der Waals surface area contributed by atoms with Gasteiger partial charge in [-0.1, -0.05) is 0 Å². The highest BCUT2D eigenvalue weighted by molar-refractivity contribution is 9.10. The summed E-state index contributed by atoms with van der Waals surface area (Å²) >= 11 is 3.44. The Balaban J connectivity index is 1.63. The van der Waals surface area contributed by atoms with Crippen LogP contribution in [0.5, 0.6) is 0 Å². The highest BCUT2D eigenvalue weighted by Gasteiger charge is 2.29. The van der Waals surface area contributed by atoms with E-state index in [1.807, 2.05) is 12.3 Å². The maximum atomic E-state index is 11.5. The average Bonchev–Trinajstić information content (AvgIpc) is 3.39. The molecule has 1 aliphatic rings. The minimum atomic E-state index is -3.72. The van der Waals surface area contributed by atoms with Crippen molar-refractivity contribution < 1.29 is 8.42 Å². The molecule has 27 heavy (non-hydrogen) atoms. The second-order valence-electron chi connectivity index (χ2n) is 6.62. The summed E-state index contributed by atoms with van der Waals surface area (Å²) in [5, 5.41) is 9.84. The van der Waals surface area contributed by atoms with E-state index in [4.69, 9.17) is 10.1 Å². The summed E-state index contributed by atoms with van der Waals surface area (Å²) in [5.41, 5.74) is 1.88. The van der Waals surface area contributed by atoms with E-state index < -0.39 is 10.0 Å². The number of pyridine rings is 1. The van der Waals surface area contributed by atoms with Crippen molar-refractivity contribution in [2.45, 2.75) is 36.5 Å². The van der Waals surface area contributed by atoms with Crippen LogP contribution >= 0.6 is 15.9 Å². The smallest absolute Gasteiger partial charge is 0.238 e. The standard InChI is InChI=1S/C18H18BrN5O2S/c19-14-9-12(10-21-11-14)1-8-17-22-18(13-2-3-13)23-24(17)15-4-6-16(7-5-15)27(20,25)26/h4-7,9-11,13H,1-3,8H2,(H2,20,25,26). The molecule has 140 valence electrons. The molecule has 0 bridgehead atoms. The summed E-state index contributed by atoms with van der Waals surface area (Å²) in [6, 6.07) is 8.43. The van der Waals surface area contributed by atoms with E-state index in [0.29, 0.717) is 12.3 Å². The molecule has 1 aliphatic carbocycles. The first-order valence-corrected chi connectivity index (χ1v) is 10.9.